The van der Waals surface area contributed by atoms with Crippen molar-refractivity contribution < 1.29 is 19.0 Å². The fraction of sp³-hybridized carbons (Fsp3) is 0.200. The summed E-state index contributed by atoms with van der Waals surface area (Å²) in [4.78, 5) is 17.3. The molecule has 1 heterocycles. The fourth-order valence-corrected chi connectivity index (χ4v) is 3.49. The molecule has 8 heteroatoms. The maximum Gasteiger partial charge on any atom is 0.264 e. The Morgan fingerprint density at radius 3 is 2.68 bits per heavy atom. The predicted molar refractivity (Wildman–Crippen MR) is 113 cm³/mol. The van der Waals surface area contributed by atoms with Crippen LogP contribution in [0, 0.1) is 0 Å². The lowest BCUT2D eigenvalue weighted by atomic mass is 10.2. The zero-order chi connectivity index (χ0) is 20.1. The molecule has 1 amide bonds. The van der Waals surface area contributed by atoms with Crippen molar-refractivity contribution in [3.8, 4) is 17.2 Å². The number of nitrogens with zero attached hydrogens (tertiary/aromatic N) is 1. The van der Waals surface area contributed by atoms with Crippen LogP contribution in [0.15, 0.2) is 46.3 Å². The van der Waals surface area contributed by atoms with Gasteiger partial charge in [-0.25, -0.2) is 4.99 Å². The van der Waals surface area contributed by atoms with Crippen LogP contribution in [0.5, 0.6) is 17.2 Å². The molecule has 0 aliphatic carbocycles. The molecular formula is C20H19ClN2O4S. The molecule has 6 nitrogen and oxygen atoms in total. The zero-order valence-corrected chi connectivity index (χ0v) is 17.2. The van der Waals surface area contributed by atoms with Gasteiger partial charge in [0.2, 0.25) is 0 Å². The van der Waals surface area contributed by atoms with Crippen molar-refractivity contribution in [1.29, 1.82) is 0 Å². The third-order valence-electron chi connectivity index (χ3n) is 3.81. The van der Waals surface area contributed by atoms with Crippen molar-refractivity contribution in [3.05, 3.63) is 51.9 Å². The summed E-state index contributed by atoms with van der Waals surface area (Å²) in [7, 11) is 3.15. The maximum absolute atomic E-state index is 12.3. The van der Waals surface area contributed by atoms with E-state index < -0.39 is 0 Å². The first-order valence-electron chi connectivity index (χ1n) is 8.48. The second-order valence-corrected chi connectivity index (χ2v) is 7.08. The third-order valence-corrected chi connectivity index (χ3v) is 5.04. The topological polar surface area (TPSA) is 69.2 Å². The summed E-state index contributed by atoms with van der Waals surface area (Å²) < 4.78 is 16.1. The van der Waals surface area contributed by atoms with Gasteiger partial charge < -0.3 is 19.5 Å². The zero-order valence-electron chi connectivity index (χ0n) is 15.6. The second kappa shape index (κ2) is 9.03. The highest BCUT2D eigenvalue weighted by molar-refractivity contribution is 8.18. The molecule has 28 heavy (non-hydrogen) atoms. The van der Waals surface area contributed by atoms with Crippen molar-refractivity contribution in [1.82, 2.24) is 5.32 Å². The van der Waals surface area contributed by atoms with Crippen molar-refractivity contribution in [2.75, 3.05) is 20.8 Å². The average molecular weight is 419 g/mol. The van der Waals surface area contributed by atoms with E-state index in [1.165, 1.54) is 11.8 Å². The van der Waals surface area contributed by atoms with E-state index in [1.54, 1.807) is 38.5 Å². The maximum atomic E-state index is 12.3. The summed E-state index contributed by atoms with van der Waals surface area (Å²) in [6.07, 6.45) is 1.77. The highest BCUT2D eigenvalue weighted by atomic mass is 35.5. The third kappa shape index (κ3) is 4.61. The van der Waals surface area contributed by atoms with Crippen LogP contribution >= 0.6 is 23.4 Å². The minimum absolute atomic E-state index is 0.226. The van der Waals surface area contributed by atoms with Crippen LogP contribution in [0.1, 0.15) is 12.5 Å². The molecule has 146 valence electrons. The quantitative estimate of drug-likeness (QED) is 0.691. The fourth-order valence-electron chi connectivity index (χ4n) is 2.50. The lowest BCUT2D eigenvalue weighted by Gasteiger charge is -2.09. The number of aliphatic imine (C=N–C) groups is 1. The van der Waals surface area contributed by atoms with Gasteiger partial charge in [0.05, 0.1) is 36.4 Å². The number of benzene rings is 2. The number of amides is 1. The molecule has 2 aromatic rings. The Labute approximate surface area is 172 Å². The second-order valence-electron chi connectivity index (χ2n) is 5.64. The number of thioether (sulfide) groups is 1. The van der Waals surface area contributed by atoms with E-state index in [0.717, 1.165) is 5.56 Å². The molecule has 0 atom stereocenters. The lowest BCUT2D eigenvalue weighted by molar-refractivity contribution is -0.115. The van der Waals surface area contributed by atoms with Gasteiger partial charge in [-0.3, -0.25) is 4.79 Å². The summed E-state index contributed by atoms with van der Waals surface area (Å²) in [5, 5.41) is 3.67. The highest BCUT2D eigenvalue weighted by Gasteiger charge is 2.24. The number of carbonyl (C=O) groups excluding carboxylic acids is 1. The number of hydrogen-bond donors (Lipinski definition) is 1. The molecule has 1 aliphatic heterocycles. The lowest BCUT2D eigenvalue weighted by Crippen LogP contribution is -2.19. The Kier molecular flexibility index (Phi) is 6.49. The number of ether oxygens (including phenoxy) is 3. The van der Waals surface area contributed by atoms with Gasteiger partial charge in [-0.2, -0.15) is 0 Å². The van der Waals surface area contributed by atoms with Crippen molar-refractivity contribution >= 4 is 46.2 Å². The molecule has 3 rings (SSSR count). The summed E-state index contributed by atoms with van der Waals surface area (Å²) in [6, 6.07) is 10.7. The van der Waals surface area contributed by atoms with Crippen molar-refractivity contribution in [3.63, 3.8) is 0 Å². The van der Waals surface area contributed by atoms with Gasteiger partial charge in [0, 0.05) is 6.07 Å². The van der Waals surface area contributed by atoms with Crippen LogP contribution < -0.4 is 19.5 Å². The molecule has 2 aromatic carbocycles. The average Bonchev–Trinajstić information content (AvgIpc) is 3.03. The predicted octanol–water partition coefficient (Wildman–Crippen LogP) is 4.65. The van der Waals surface area contributed by atoms with Crippen LogP contribution in [-0.2, 0) is 4.79 Å². The number of halogens is 1. The molecule has 0 unspecified atom stereocenters. The first-order chi connectivity index (χ1) is 13.5. The summed E-state index contributed by atoms with van der Waals surface area (Å²) in [5.41, 5.74) is 1.34. The Balaban J connectivity index is 1.85. The molecule has 1 aliphatic rings. The smallest absolute Gasteiger partial charge is 0.264 e. The molecule has 0 bridgehead atoms. The van der Waals surface area contributed by atoms with Gasteiger partial charge in [-0.05, 0) is 54.6 Å². The van der Waals surface area contributed by atoms with E-state index in [9.17, 15) is 4.79 Å². The molecule has 0 aromatic heterocycles. The monoisotopic (exact) mass is 418 g/mol. The minimum Gasteiger partial charge on any atom is -0.497 e. The highest BCUT2D eigenvalue weighted by Crippen LogP contribution is 2.34. The standard InChI is InChI=1S/C20H19ClN2O4S/c1-4-27-16-8-5-12(9-17(16)26-3)10-18-19(24)23-20(28-18)22-15-11-13(25-2)6-7-14(15)21/h5-11H,4H2,1-3H3,(H,22,23,24)/b18-10-. The molecule has 0 spiro atoms. The summed E-state index contributed by atoms with van der Waals surface area (Å²) in [6.45, 7) is 2.45. The molecular weight excluding hydrogens is 400 g/mol. The molecule has 1 fully saturated rings. The number of methoxy groups -OCH3 is 2. The number of rotatable bonds is 6. The van der Waals surface area contributed by atoms with Crippen LogP contribution in [0.4, 0.5) is 5.69 Å². The summed E-state index contributed by atoms with van der Waals surface area (Å²) in [5.74, 6) is 1.67. The number of amidine groups is 1. The SMILES string of the molecule is CCOc1ccc(/C=C2\SC(=Nc3cc(OC)ccc3Cl)NC2=O)cc1OC. The largest absolute Gasteiger partial charge is 0.497 e. The van der Waals surface area contributed by atoms with Crippen molar-refractivity contribution in [2.45, 2.75) is 6.92 Å². The Morgan fingerprint density at radius 2 is 1.96 bits per heavy atom. The number of nitrogens with one attached hydrogen (secondary N) is 1. The van der Waals surface area contributed by atoms with Crippen LogP contribution in [0.3, 0.4) is 0 Å². The van der Waals surface area contributed by atoms with E-state index in [1.807, 2.05) is 25.1 Å². The van der Waals surface area contributed by atoms with E-state index in [2.05, 4.69) is 10.3 Å². The Bertz CT molecular complexity index is 959. The van der Waals surface area contributed by atoms with Crippen LogP contribution in [-0.4, -0.2) is 31.9 Å². The Hall–Kier alpha value is -2.64. The van der Waals surface area contributed by atoms with E-state index in [0.29, 0.717) is 44.6 Å². The number of hydrogen-bond acceptors (Lipinski definition) is 6. The van der Waals surface area contributed by atoms with Gasteiger partial charge in [0.1, 0.15) is 5.75 Å². The molecule has 0 radical (unpaired) electrons. The number of carbonyl (C=O) groups is 1. The van der Waals surface area contributed by atoms with Crippen LogP contribution in [0.2, 0.25) is 5.02 Å². The molecule has 0 saturated carbocycles. The van der Waals surface area contributed by atoms with Gasteiger partial charge in [0.25, 0.3) is 5.91 Å². The van der Waals surface area contributed by atoms with Crippen molar-refractivity contribution in [2.24, 2.45) is 4.99 Å². The van der Waals surface area contributed by atoms with E-state index in [-0.39, 0.29) is 5.91 Å². The van der Waals surface area contributed by atoms with E-state index >= 15 is 0 Å². The first kappa shape index (κ1) is 20.1. The van der Waals surface area contributed by atoms with E-state index in [4.69, 9.17) is 25.8 Å². The Morgan fingerprint density at radius 1 is 1.14 bits per heavy atom. The normalized spacial score (nSPS) is 16.4. The van der Waals surface area contributed by atoms with Gasteiger partial charge >= 0.3 is 0 Å². The summed E-state index contributed by atoms with van der Waals surface area (Å²) >= 11 is 7.42. The van der Waals surface area contributed by atoms with Gasteiger partial charge in [-0.1, -0.05) is 17.7 Å². The minimum atomic E-state index is -0.226. The first-order valence-corrected chi connectivity index (χ1v) is 9.67. The molecule has 1 saturated heterocycles. The van der Waals surface area contributed by atoms with Crippen LogP contribution in [0.25, 0.3) is 6.08 Å². The molecule has 1 N–H and O–H groups in total. The van der Waals surface area contributed by atoms with Gasteiger partial charge in [-0.15, -0.1) is 0 Å². The van der Waals surface area contributed by atoms with Gasteiger partial charge in [0.15, 0.2) is 16.7 Å².